The Kier molecular flexibility index (Phi) is 7.59. The third kappa shape index (κ3) is 5.65. The molecular weight excluding hydrogens is 480 g/mol. The summed E-state index contributed by atoms with van der Waals surface area (Å²) in [5.41, 5.74) is 3.17. The lowest BCUT2D eigenvalue weighted by Gasteiger charge is -2.24. The van der Waals surface area contributed by atoms with Crippen LogP contribution in [0.25, 0.3) is 5.76 Å². The van der Waals surface area contributed by atoms with E-state index in [9.17, 15) is 9.90 Å². The number of carbonyl (C=O) groups is 1. The molecule has 0 aromatic heterocycles. The van der Waals surface area contributed by atoms with Gasteiger partial charge in [-0.15, -0.1) is 0 Å². The van der Waals surface area contributed by atoms with Gasteiger partial charge in [0.1, 0.15) is 42.5 Å². The fourth-order valence-corrected chi connectivity index (χ4v) is 4.28. The average molecular weight is 509 g/mol. The van der Waals surface area contributed by atoms with Gasteiger partial charge in [0.2, 0.25) is 0 Å². The monoisotopic (exact) mass is 508 g/mol. The second-order valence-electron chi connectivity index (χ2n) is 8.79. The second-order valence-corrected chi connectivity index (χ2v) is 8.79. The Morgan fingerprint density at radius 2 is 1.50 bits per heavy atom. The highest BCUT2D eigenvalue weighted by Crippen LogP contribution is 2.45. The quantitative estimate of drug-likeness (QED) is 0.241. The standard InChI is InChI=1S/C32H28O6/c1-2-35-30-15-24(13-14-28(30)37-21-23-11-7-4-8-12-23)29-16-25(19-33)32-27(34)17-26(18-31(32)38-29)36-20-22-9-5-3-6-10-22/h3-19,25,34H,2,20-21H2,1H3. The molecule has 1 N–H and O–H groups in total. The van der Waals surface area contributed by atoms with Crippen LogP contribution in [0.5, 0.6) is 28.7 Å². The molecule has 0 amide bonds. The molecule has 1 atom stereocenters. The van der Waals surface area contributed by atoms with Gasteiger partial charge in [0.15, 0.2) is 11.5 Å². The summed E-state index contributed by atoms with van der Waals surface area (Å²) in [5.74, 6) is 1.73. The highest BCUT2D eigenvalue weighted by Gasteiger charge is 2.27. The third-order valence-corrected chi connectivity index (χ3v) is 6.14. The molecule has 0 saturated carbocycles. The van der Waals surface area contributed by atoms with Crippen molar-refractivity contribution in [2.75, 3.05) is 6.61 Å². The molecule has 0 spiro atoms. The summed E-state index contributed by atoms with van der Waals surface area (Å²) in [6.45, 7) is 3.11. The van der Waals surface area contributed by atoms with Crippen molar-refractivity contribution in [2.45, 2.75) is 26.1 Å². The van der Waals surface area contributed by atoms with Gasteiger partial charge in [0.05, 0.1) is 18.1 Å². The van der Waals surface area contributed by atoms with Crippen LogP contribution < -0.4 is 18.9 Å². The van der Waals surface area contributed by atoms with Gasteiger partial charge in [-0.05, 0) is 42.3 Å². The van der Waals surface area contributed by atoms with E-state index in [4.69, 9.17) is 18.9 Å². The Hall–Kier alpha value is -4.71. The number of ether oxygens (including phenoxy) is 4. The van der Waals surface area contributed by atoms with E-state index in [1.807, 2.05) is 85.8 Å². The number of carbonyl (C=O) groups excluding carboxylic acids is 1. The van der Waals surface area contributed by atoms with Crippen LogP contribution in [-0.4, -0.2) is 18.0 Å². The van der Waals surface area contributed by atoms with Gasteiger partial charge in [-0.1, -0.05) is 60.7 Å². The summed E-state index contributed by atoms with van der Waals surface area (Å²) in [4.78, 5) is 12.0. The Labute approximate surface area is 221 Å². The third-order valence-electron chi connectivity index (χ3n) is 6.14. The number of hydrogen-bond acceptors (Lipinski definition) is 6. The fourth-order valence-electron chi connectivity index (χ4n) is 4.28. The predicted molar refractivity (Wildman–Crippen MR) is 145 cm³/mol. The molecule has 5 rings (SSSR count). The SMILES string of the molecule is CCOc1cc(C2=CC(C=O)c3c(O)cc(OCc4ccccc4)cc3O2)ccc1OCc1ccccc1. The van der Waals surface area contributed by atoms with Crippen LogP contribution in [0.1, 0.15) is 35.1 Å². The molecule has 0 radical (unpaired) electrons. The molecule has 1 aliphatic heterocycles. The highest BCUT2D eigenvalue weighted by molar-refractivity contribution is 5.79. The van der Waals surface area contributed by atoms with Crippen LogP contribution in [-0.2, 0) is 18.0 Å². The first-order valence-electron chi connectivity index (χ1n) is 12.5. The number of benzene rings is 4. The van der Waals surface area contributed by atoms with Gasteiger partial charge in [-0.2, -0.15) is 0 Å². The number of rotatable bonds is 10. The number of aldehydes is 1. The normalized spacial score (nSPS) is 14.0. The Bertz CT molecular complexity index is 1430. The van der Waals surface area contributed by atoms with Crippen molar-refractivity contribution in [1.82, 2.24) is 0 Å². The van der Waals surface area contributed by atoms with Crippen LogP contribution in [0.3, 0.4) is 0 Å². The molecule has 0 saturated heterocycles. The van der Waals surface area contributed by atoms with Crippen molar-refractivity contribution in [1.29, 1.82) is 0 Å². The lowest BCUT2D eigenvalue weighted by Crippen LogP contribution is -2.11. The van der Waals surface area contributed by atoms with Gasteiger partial charge in [0, 0.05) is 17.7 Å². The summed E-state index contributed by atoms with van der Waals surface area (Å²) < 4.78 is 24.0. The van der Waals surface area contributed by atoms with E-state index in [1.54, 1.807) is 12.1 Å². The summed E-state index contributed by atoms with van der Waals surface area (Å²) in [6.07, 6.45) is 2.47. The van der Waals surface area contributed by atoms with Crippen molar-refractivity contribution in [3.8, 4) is 28.7 Å². The Balaban J connectivity index is 1.39. The van der Waals surface area contributed by atoms with Crippen LogP contribution in [0, 0.1) is 0 Å². The molecule has 192 valence electrons. The first kappa shape index (κ1) is 25.0. The maximum atomic E-state index is 12.0. The predicted octanol–water partition coefficient (Wildman–Crippen LogP) is 6.66. The zero-order valence-electron chi connectivity index (χ0n) is 21.0. The lowest BCUT2D eigenvalue weighted by molar-refractivity contribution is -0.108. The van der Waals surface area contributed by atoms with E-state index in [-0.39, 0.29) is 5.75 Å². The van der Waals surface area contributed by atoms with Crippen LogP contribution in [0.15, 0.2) is 97.1 Å². The molecule has 1 heterocycles. The molecule has 4 aromatic rings. The smallest absolute Gasteiger partial charge is 0.161 e. The highest BCUT2D eigenvalue weighted by atomic mass is 16.5. The van der Waals surface area contributed by atoms with Crippen molar-refractivity contribution in [2.24, 2.45) is 0 Å². The zero-order chi connectivity index (χ0) is 26.3. The Morgan fingerprint density at radius 1 is 0.816 bits per heavy atom. The first-order valence-corrected chi connectivity index (χ1v) is 12.5. The van der Waals surface area contributed by atoms with Crippen molar-refractivity contribution >= 4 is 12.0 Å². The molecule has 0 bridgehead atoms. The minimum Gasteiger partial charge on any atom is -0.507 e. The minimum absolute atomic E-state index is 0.0578. The van der Waals surface area contributed by atoms with Crippen LogP contribution in [0.2, 0.25) is 0 Å². The van der Waals surface area contributed by atoms with E-state index < -0.39 is 5.92 Å². The molecule has 38 heavy (non-hydrogen) atoms. The zero-order valence-corrected chi connectivity index (χ0v) is 21.0. The van der Waals surface area contributed by atoms with Gasteiger partial charge in [0.25, 0.3) is 0 Å². The van der Waals surface area contributed by atoms with E-state index in [2.05, 4.69) is 0 Å². The molecule has 1 aliphatic rings. The number of phenolic OH excluding ortho intramolecular Hbond substituents is 1. The summed E-state index contributed by atoms with van der Waals surface area (Å²) >= 11 is 0. The topological polar surface area (TPSA) is 74.2 Å². The summed E-state index contributed by atoms with van der Waals surface area (Å²) in [7, 11) is 0. The van der Waals surface area contributed by atoms with Crippen LogP contribution in [0.4, 0.5) is 0 Å². The summed E-state index contributed by atoms with van der Waals surface area (Å²) in [5, 5.41) is 10.7. The van der Waals surface area contributed by atoms with Gasteiger partial charge < -0.3 is 28.8 Å². The molecular formula is C32H28O6. The number of fused-ring (bicyclic) bond motifs is 1. The average Bonchev–Trinajstić information content (AvgIpc) is 2.96. The largest absolute Gasteiger partial charge is 0.507 e. The van der Waals surface area contributed by atoms with E-state index in [0.29, 0.717) is 59.7 Å². The molecule has 6 heteroatoms. The number of aromatic hydroxyl groups is 1. The molecule has 0 aliphatic carbocycles. The fraction of sp³-hybridized carbons (Fsp3) is 0.156. The summed E-state index contributed by atoms with van der Waals surface area (Å²) in [6, 6.07) is 28.4. The number of allylic oxidation sites excluding steroid dienone is 1. The van der Waals surface area contributed by atoms with E-state index in [1.165, 1.54) is 6.07 Å². The molecule has 4 aromatic carbocycles. The molecule has 6 nitrogen and oxygen atoms in total. The van der Waals surface area contributed by atoms with Crippen molar-refractivity contribution < 1.29 is 28.8 Å². The second kappa shape index (κ2) is 11.6. The van der Waals surface area contributed by atoms with Gasteiger partial charge in [-0.3, -0.25) is 0 Å². The minimum atomic E-state index is -0.679. The molecule has 1 unspecified atom stereocenters. The number of hydrogen-bond donors (Lipinski definition) is 1. The van der Waals surface area contributed by atoms with Crippen molar-refractivity contribution in [3.63, 3.8) is 0 Å². The van der Waals surface area contributed by atoms with Gasteiger partial charge >= 0.3 is 0 Å². The maximum absolute atomic E-state index is 12.0. The number of phenols is 1. The van der Waals surface area contributed by atoms with Crippen molar-refractivity contribution in [3.05, 3.63) is 119 Å². The Morgan fingerprint density at radius 3 is 2.16 bits per heavy atom. The first-order chi connectivity index (χ1) is 18.6. The van der Waals surface area contributed by atoms with Crippen LogP contribution >= 0.6 is 0 Å². The van der Waals surface area contributed by atoms with Gasteiger partial charge in [-0.25, -0.2) is 0 Å². The van der Waals surface area contributed by atoms with E-state index in [0.717, 1.165) is 17.4 Å². The lowest BCUT2D eigenvalue weighted by atomic mass is 9.94. The molecule has 0 fully saturated rings. The maximum Gasteiger partial charge on any atom is 0.161 e. The van der Waals surface area contributed by atoms with E-state index >= 15 is 0 Å².